The molecule has 4 nitrogen and oxygen atoms in total. The van der Waals surface area contributed by atoms with Gasteiger partial charge in [-0.2, -0.15) is 0 Å². The van der Waals surface area contributed by atoms with Crippen LogP contribution in [0.25, 0.3) is 0 Å². The molecule has 0 spiro atoms. The number of piperazine rings is 1. The molecule has 2 N–H and O–H groups in total. The summed E-state index contributed by atoms with van der Waals surface area (Å²) in [5.74, 6) is 0.862. The fourth-order valence-electron chi connectivity index (χ4n) is 3.22. The third-order valence-corrected chi connectivity index (χ3v) is 4.64. The molecule has 0 radical (unpaired) electrons. The Morgan fingerprint density at radius 1 is 1.04 bits per heavy atom. The van der Waals surface area contributed by atoms with Crippen LogP contribution in [0.4, 0.5) is 5.69 Å². The fourth-order valence-corrected chi connectivity index (χ4v) is 3.22. The lowest BCUT2D eigenvalue weighted by molar-refractivity contribution is -0.903. The second-order valence-electron chi connectivity index (χ2n) is 6.51. The number of aliphatic hydroxyl groups is 1. The van der Waals surface area contributed by atoms with Crippen molar-refractivity contribution in [3.8, 4) is 5.75 Å². The van der Waals surface area contributed by atoms with E-state index in [2.05, 4.69) is 35.2 Å². The van der Waals surface area contributed by atoms with Crippen molar-refractivity contribution in [1.29, 1.82) is 0 Å². The summed E-state index contributed by atoms with van der Waals surface area (Å²) in [6.07, 6.45) is -0.428. The summed E-state index contributed by atoms with van der Waals surface area (Å²) in [5, 5.41) is 10.3. The molecule has 128 valence electrons. The van der Waals surface area contributed by atoms with Crippen molar-refractivity contribution in [1.82, 2.24) is 0 Å². The summed E-state index contributed by atoms with van der Waals surface area (Å²) in [4.78, 5) is 3.86. The Labute approximate surface area is 144 Å². The summed E-state index contributed by atoms with van der Waals surface area (Å²) in [6.45, 7) is 7.29. The lowest BCUT2D eigenvalue weighted by Gasteiger charge is -2.34. The van der Waals surface area contributed by atoms with Crippen LogP contribution in [0.1, 0.15) is 5.56 Å². The van der Waals surface area contributed by atoms with Gasteiger partial charge in [-0.15, -0.1) is 0 Å². The minimum absolute atomic E-state index is 0.358. The Bertz CT molecular complexity index is 625. The Hall–Kier alpha value is -2.04. The first-order valence-corrected chi connectivity index (χ1v) is 8.72. The molecular weight excluding hydrogens is 300 g/mol. The number of quaternary nitrogens is 1. The van der Waals surface area contributed by atoms with Gasteiger partial charge in [0.2, 0.25) is 0 Å². The third-order valence-electron chi connectivity index (χ3n) is 4.64. The molecule has 24 heavy (non-hydrogen) atoms. The molecule has 4 heteroatoms. The Morgan fingerprint density at radius 2 is 1.71 bits per heavy atom. The predicted molar refractivity (Wildman–Crippen MR) is 96.9 cm³/mol. The number of para-hydroxylation sites is 2. The summed E-state index contributed by atoms with van der Waals surface area (Å²) in [5.41, 5.74) is 2.40. The highest BCUT2D eigenvalue weighted by Crippen LogP contribution is 2.16. The van der Waals surface area contributed by atoms with Gasteiger partial charge in [0.25, 0.3) is 0 Å². The highest BCUT2D eigenvalue weighted by molar-refractivity contribution is 5.46. The summed E-state index contributed by atoms with van der Waals surface area (Å²) in [6, 6.07) is 18.5. The Morgan fingerprint density at radius 3 is 2.42 bits per heavy atom. The van der Waals surface area contributed by atoms with Gasteiger partial charge in [-0.3, -0.25) is 0 Å². The summed E-state index contributed by atoms with van der Waals surface area (Å²) < 4.78 is 5.76. The highest BCUT2D eigenvalue weighted by atomic mass is 16.5. The molecule has 1 aliphatic rings. The van der Waals surface area contributed by atoms with E-state index < -0.39 is 6.10 Å². The molecule has 1 aliphatic heterocycles. The average molecular weight is 327 g/mol. The summed E-state index contributed by atoms with van der Waals surface area (Å²) >= 11 is 0. The van der Waals surface area contributed by atoms with Crippen molar-refractivity contribution >= 4 is 5.69 Å². The molecule has 0 unspecified atom stereocenters. The third kappa shape index (κ3) is 4.49. The zero-order chi connectivity index (χ0) is 16.8. The molecule has 3 rings (SSSR count). The van der Waals surface area contributed by atoms with Crippen LogP contribution in [-0.4, -0.2) is 50.5 Å². The molecule has 0 bridgehead atoms. The van der Waals surface area contributed by atoms with Crippen molar-refractivity contribution in [3.05, 3.63) is 60.2 Å². The van der Waals surface area contributed by atoms with Crippen molar-refractivity contribution in [2.45, 2.75) is 13.0 Å². The lowest BCUT2D eigenvalue weighted by Crippen LogP contribution is -3.16. The number of nitrogens with one attached hydrogen (secondary N) is 1. The Balaban J connectivity index is 1.42. The fraction of sp³-hybridized carbons (Fsp3) is 0.400. The van der Waals surface area contributed by atoms with Crippen LogP contribution < -0.4 is 14.5 Å². The second kappa shape index (κ2) is 8.18. The van der Waals surface area contributed by atoms with Crippen molar-refractivity contribution in [2.75, 3.05) is 44.2 Å². The normalized spacial score (nSPS) is 16.8. The maximum Gasteiger partial charge on any atom is 0.137 e. The Kier molecular flexibility index (Phi) is 5.72. The average Bonchev–Trinajstić information content (AvgIpc) is 2.62. The zero-order valence-electron chi connectivity index (χ0n) is 14.3. The summed E-state index contributed by atoms with van der Waals surface area (Å²) in [7, 11) is 0. The van der Waals surface area contributed by atoms with E-state index in [-0.39, 0.29) is 0 Å². The van der Waals surface area contributed by atoms with E-state index in [1.54, 1.807) is 0 Å². The van der Waals surface area contributed by atoms with Gasteiger partial charge in [0.15, 0.2) is 0 Å². The molecule has 2 aromatic rings. The SMILES string of the molecule is Cc1ccccc1OC[C@H](O)C[NH+]1CCN(c2ccccc2)CC1. The van der Waals surface area contributed by atoms with Crippen molar-refractivity contribution < 1.29 is 14.7 Å². The lowest BCUT2D eigenvalue weighted by atomic mass is 10.2. The maximum atomic E-state index is 10.3. The first kappa shape index (κ1) is 16.8. The van der Waals surface area contributed by atoms with Gasteiger partial charge in [0.1, 0.15) is 25.0 Å². The quantitative estimate of drug-likeness (QED) is 0.835. The van der Waals surface area contributed by atoms with E-state index in [0.29, 0.717) is 6.61 Å². The molecule has 1 fully saturated rings. The van der Waals surface area contributed by atoms with Gasteiger partial charge in [0.05, 0.1) is 26.2 Å². The smallest absolute Gasteiger partial charge is 0.137 e. The standard InChI is InChI=1S/C20H26N2O2/c1-17-7-5-6-10-20(17)24-16-19(23)15-21-11-13-22(14-12-21)18-8-3-2-4-9-18/h2-10,19,23H,11-16H2,1H3/p+1/t19-/m1/s1. The van der Waals surface area contributed by atoms with Crippen LogP contribution in [0.3, 0.4) is 0 Å². The van der Waals surface area contributed by atoms with Crippen LogP contribution in [0, 0.1) is 6.92 Å². The minimum atomic E-state index is -0.428. The largest absolute Gasteiger partial charge is 0.490 e. The zero-order valence-corrected chi connectivity index (χ0v) is 14.3. The molecule has 0 amide bonds. The van der Waals surface area contributed by atoms with Crippen LogP contribution in [0.2, 0.25) is 0 Å². The van der Waals surface area contributed by atoms with Gasteiger partial charge in [-0.05, 0) is 30.7 Å². The molecule has 0 saturated carbocycles. The van der Waals surface area contributed by atoms with E-state index in [1.165, 1.54) is 10.6 Å². The molecule has 1 saturated heterocycles. The number of nitrogens with zero attached hydrogens (tertiary/aromatic N) is 1. The van der Waals surface area contributed by atoms with Crippen LogP contribution in [0.15, 0.2) is 54.6 Å². The van der Waals surface area contributed by atoms with Gasteiger partial charge in [-0.25, -0.2) is 0 Å². The molecule has 1 heterocycles. The number of hydrogen-bond donors (Lipinski definition) is 2. The molecule has 0 aromatic heterocycles. The number of aryl methyl sites for hydroxylation is 1. The first-order chi connectivity index (χ1) is 11.7. The number of benzene rings is 2. The van der Waals surface area contributed by atoms with E-state index in [1.807, 2.05) is 31.2 Å². The van der Waals surface area contributed by atoms with E-state index in [4.69, 9.17) is 4.74 Å². The molecule has 2 aromatic carbocycles. The minimum Gasteiger partial charge on any atom is -0.490 e. The monoisotopic (exact) mass is 327 g/mol. The molecule has 0 aliphatic carbocycles. The van der Waals surface area contributed by atoms with E-state index in [0.717, 1.165) is 44.0 Å². The van der Waals surface area contributed by atoms with Crippen LogP contribution in [-0.2, 0) is 0 Å². The number of aliphatic hydroxyl groups excluding tert-OH is 1. The van der Waals surface area contributed by atoms with Gasteiger partial charge < -0.3 is 19.6 Å². The van der Waals surface area contributed by atoms with Crippen LogP contribution in [0.5, 0.6) is 5.75 Å². The van der Waals surface area contributed by atoms with Crippen molar-refractivity contribution in [2.24, 2.45) is 0 Å². The number of ether oxygens (including phenoxy) is 1. The number of rotatable bonds is 6. The maximum absolute atomic E-state index is 10.3. The van der Waals surface area contributed by atoms with Gasteiger partial charge in [-0.1, -0.05) is 36.4 Å². The first-order valence-electron chi connectivity index (χ1n) is 8.72. The van der Waals surface area contributed by atoms with E-state index in [9.17, 15) is 5.11 Å². The van der Waals surface area contributed by atoms with Crippen LogP contribution >= 0.6 is 0 Å². The number of anilines is 1. The second-order valence-corrected chi connectivity index (χ2v) is 6.51. The molecular formula is C20H27N2O2+. The van der Waals surface area contributed by atoms with Gasteiger partial charge in [0, 0.05) is 5.69 Å². The topological polar surface area (TPSA) is 37.1 Å². The molecule has 1 atom stereocenters. The van der Waals surface area contributed by atoms with E-state index >= 15 is 0 Å². The highest BCUT2D eigenvalue weighted by Gasteiger charge is 2.22. The predicted octanol–water partition coefficient (Wildman–Crippen LogP) is 1.14. The number of hydrogen-bond acceptors (Lipinski definition) is 3. The van der Waals surface area contributed by atoms with Gasteiger partial charge >= 0.3 is 0 Å². The van der Waals surface area contributed by atoms with Crippen molar-refractivity contribution in [3.63, 3.8) is 0 Å².